The second-order valence-corrected chi connectivity index (χ2v) is 11.5. The monoisotopic (exact) mass is 472 g/mol. The lowest BCUT2D eigenvalue weighted by Gasteiger charge is -2.36. The Kier molecular flexibility index (Phi) is 8.42. The number of nitrogens with one attached hydrogen (secondary N) is 1. The molecule has 0 aromatic rings. The van der Waals surface area contributed by atoms with E-state index in [0.29, 0.717) is 56.7 Å². The van der Waals surface area contributed by atoms with Crippen LogP contribution in [0.5, 0.6) is 0 Å². The van der Waals surface area contributed by atoms with Crippen molar-refractivity contribution in [3.8, 4) is 6.07 Å². The van der Waals surface area contributed by atoms with Crippen molar-refractivity contribution in [2.45, 2.75) is 90.4 Å². The Labute approximate surface area is 203 Å². The Hall–Kier alpha value is -1.78. The fourth-order valence-electron chi connectivity index (χ4n) is 6.83. The molecule has 5 aliphatic rings. The number of amides is 1. The van der Waals surface area contributed by atoms with E-state index in [1.807, 2.05) is 13.8 Å². The molecular weight excluding hydrogens is 432 g/mol. The summed E-state index contributed by atoms with van der Waals surface area (Å²) in [4.78, 5) is 38.6. The second-order valence-electron chi connectivity index (χ2n) is 11.5. The highest BCUT2D eigenvalue weighted by Crippen LogP contribution is 2.50. The molecule has 1 amide bonds. The number of nitriles is 1. The fourth-order valence-corrected chi connectivity index (χ4v) is 6.83. The summed E-state index contributed by atoms with van der Waals surface area (Å²) < 4.78 is 11.8. The summed E-state index contributed by atoms with van der Waals surface area (Å²) in [6, 6.07) is 1.49. The quantitative estimate of drug-likeness (QED) is 0.518. The predicted octanol–water partition coefficient (Wildman–Crippen LogP) is 3.80. The first-order chi connectivity index (χ1) is 16.4. The minimum absolute atomic E-state index is 0.103. The normalized spacial score (nSPS) is 34.4. The van der Waals surface area contributed by atoms with Gasteiger partial charge in [0.05, 0.1) is 19.3 Å². The maximum Gasteiger partial charge on any atom is 0.224 e. The highest BCUT2D eigenvalue weighted by atomic mass is 16.7. The second kappa shape index (κ2) is 11.3. The van der Waals surface area contributed by atoms with E-state index in [9.17, 15) is 19.6 Å². The van der Waals surface area contributed by atoms with Gasteiger partial charge in [0, 0.05) is 37.0 Å². The Balaban J connectivity index is 1.35. The third-order valence-corrected chi connectivity index (χ3v) is 8.59. The lowest BCUT2D eigenvalue weighted by atomic mass is 9.66. The van der Waals surface area contributed by atoms with Crippen LogP contribution in [-0.4, -0.2) is 43.0 Å². The van der Waals surface area contributed by atoms with Gasteiger partial charge in [-0.2, -0.15) is 5.26 Å². The van der Waals surface area contributed by atoms with Crippen molar-refractivity contribution in [1.29, 1.82) is 5.26 Å². The van der Waals surface area contributed by atoms with Gasteiger partial charge < -0.3 is 14.8 Å². The van der Waals surface area contributed by atoms with Gasteiger partial charge >= 0.3 is 0 Å². The van der Waals surface area contributed by atoms with Crippen molar-refractivity contribution in [2.24, 2.45) is 41.4 Å². The third kappa shape index (κ3) is 5.88. The average molecular weight is 473 g/mol. The van der Waals surface area contributed by atoms with Crippen LogP contribution in [-0.2, 0) is 23.9 Å². The van der Waals surface area contributed by atoms with E-state index < -0.39 is 12.0 Å². The number of hydrogen-bond acceptors (Lipinski definition) is 6. The summed E-state index contributed by atoms with van der Waals surface area (Å²) in [7, 11) is 0. The van der Waals surface area contributed by atoms with Gasteiger partial charge in [-0.1, -0.05) is 20.3 Å². The van der Waals surface area contributed by atoms with Gasteiger partial charge in [-0.15, -0.1) is 0 Å². The number of carbonyl (C=O) groups excluding carboxylic acids is 3. The average Bonchev–Trinajstić information content (AvgIpc) is 3.03. The summed E-state index contributed by atoms with van der Waals surface area (Å²) in [6.07, 6.45) is 7.02. The first kappa shape index (κ1) is 25.3. The molecule has 0 aromatic carbocycles. The molecule has 3 unspecified atom stereocenters. The highest BCUT2D eigenvalue weighted by molar-refractivity contribution is 5.87. The molecule has 188 valence electrons. The van der Waals surface area contributed by atoms with Gasteiger partial charge in [-0.05, 0) is 62.2 Å². The van der Waals surface area contributed by atoms with Gasteiger partial charge in [0.1, 0.15) is 17.6 Å². The van der Waals surface area contributed by atoms with E-state index >= 15 is 0 Å². The summed E-state index contributed by atoms with van der Waals surface area (Å²) >= 11 is 0. The number of carbonyl (C=O) groups is 3. The number of ketones is 2. The number of rotatable bonds is 10. The van der Waals surface area contributed by atoms with Gasteiger partial charge in [0.25, 0.3) is 0 Å². The molecule has 2 aliphatic carbocycles. The van der Waals surface area contributed by atoms with Gasteiger partial charge in [0.15, 0.2) is 6.29 Å². The molecule has 5 rings (SSSR count). The number of hydrogen-bond donors (Lipinski definition) is 1. The van der Waals surface area contributed by atoms with E-state index in [4.69, 9.17) is 9.47 Å². The topological polar surface area (TPSA) is 105 Å². The molecular formula is C27H40N2O5. The molecule has 8 atom stereocenters. The van der Waals surface area contributed by atoms with Crippen molar-refractivity contribution in [3.05, 3.63) is 0 Å². The third-order valence-electron chi connectivity index (χ3n) is 8.59. The summed E-state index contributed by atoms with van der Waals surface area (Å²) in [6.45, 7) is 5.42. The molecule has 5 fully saturated rings. The number of ether oxygens (including phenoxy) is 2. The minimum Gasteiger partial charge on any atom is -0.352 e. The van der Waals surface area contributed by atoms with Gasteiger partial charge in [0.2, 0.25) is 5.91 Å². The largest absolute Gasteiger partial charge is 0.352 e. The molecule has 0 spiro atoms. The van der Waals surface area contributed by atoms with Crippen molar-refractivity contribution >= 4 is 17.5 Å². The standard InChI is InChI=1S/C27H40N2O5/c1-16(2)9-19(26(32)29-20(13-28)10-17-5-3-4-6-25(17)31)11-21(30)12-23-18-7-8-22-24(23)15-34-27(22)33-14-18/h16-20,22-24,27H,3-12,14-15H2,1-2H3,(H,29,32)/t17-,18?,19+,20-,22?,23-,24?,27-/m0/s1. The first-order valence-electron chi connectivity index (χ1n) is 13.3. The van der Waals surface area contributed by atoms with Crippen LogP contribution in [0.25, 0.3) is 0 Å². The van der Waals surface area contributed by atoms with Crippen LogP contribution in [0, 0.1) is 52.8 Å². The van der Waals surface area contributed by atoms with Crippen molar-refractivity contribution in [2.75, 3.05) is 13.2 Å². The maximum atomic E-state index is 13.2. The molecule has 3 heterocycles. The zero-order chi connectivity index (χ0) is 24.2. The van der Waals surface area contributed by atoms with Gasteiger partial charge in [-0.25, -0.2) is 0 Å². The van der Waals surface area contributed by atoms with Crippen LogP contribution in [0.1, 0.15) is 78.1 Å². The molecule has 0 aromatic heterocycles. The first-order valence-corrected chi connectivity index (χ1v) is 13.3. The number of Topliss-reactive ketones (excluding diaryl/α,β-unsaturated/α-hetero) is 2. The molecule has 0 radical (unpaired) electrons. The van der Waals surface area contributed by atoms with Crippen molar-refractivity contribution in [1.82, 2.24) is 5.32 Å². The highest BCUT2D eigenvalue weighted by Gasteiger charge is 2.51. The summed E-state index contributed by atoms with van der Waals surface area (Å²) in [5.74, 6) is 1.20. The molecule has 3 saturated heterocycles. The van der Waals surface area contributed by atoms with E-state index in [1.54, 1.807) is 0 Å². The van der Waals surface area contributed by atoms with Crippen LogP contribution in [0.4, 0.5) is 0 Å². The summed E-state index contributed by atoms with van der Waals surface area (Å²) in [5.41, 5.74) is 0. The molecule has 1 N–H and O–H groups in total. The SMILES string of the molecule is CC(C)C[C@H](CC(=O)C[C@H]1C2CCC3C1CO[C@@H]3OC2)C(=O)N[C@H](C#N)C[C@@H]1CCCCC1=O. The lowest BCUT2D eigenvalue weighted by molar-refractivity contribution is -0.135. The van der Waals surface area contributed by atoms with Crippen LogP contribution >= 0.6 is 0 Å². The molecule has 7 nitrogen and oxygen atoms in total. The number of fused-ring (bicyclic) bond motifs is 2. The van der Waals surface area contributed by atoms with E-state index in [2.05, 4.69) is 11.4 Å². The Morgan fingerprint density at radius 2 is 1.91 bits per heavy atom. The van der Waals surface area contributed by atoms with Crippen molar-refractivity contribution < 1.29 is 23.9 Å². The zero-order valence-electron chi connectivity index (χ0n) is 20.7. The fraction of sp³-hybridized carbons (Fsp3) is 0.852. The molecule has 4 bridgehead atoms. The Bertz CT molecular complexity index is 805. The van der Waals surface area contributed by atoms with E-state index in [0.717, 1.165) is 32.1 Å². The summed E-state index contributed by atoms with van der Waals surface area (Å²) in [5, 5.41) is 12.5. The zero-order valence-corrected chi connectivity index (χ0v) is 20.7. The van der Waals surface area contributed by atoms with Crippen LogP contribution in [0.3, 0.4) is 0 Å². The van der Waals surface area contributed by atoms with E-state index in [1.165, 1.54) is 0 Å². The number of nitrogens with zero attached hydrogens (tertiary/aromatic N) is 1. The smallest absolute Gasteiger partial charge is 0.224 e. The lowest BCUT2D eigenvalue weighted by Crippen LogP contribution is -2.41. The molecule has 7 heteroatoms. The molecule has 2 saturated carbocycles. The predicted molar refractivity (Wildman–Crippen MR) is 125 cm³/mol. The maximum absolute atomic E-state index is 13.2. The molecule has 3 aliphatic heterocycles. The van der Waals surface area contributed by atoms with Crippen molar-refractivity contribution in [3.63, 3.8) is 0 Å². The van der Waals surface area contributed by atoms with E-state index in [-0.39, 0.29) is 47.9 Å². The van der Waals surface area contributed by atoms with Crippen LogP contribution in [0.15, 0.2) is 0 Å². The Morgan fingerprint density at radius 1 is 1.12 bits per heavy atom. The Morgan fingerprint density at radius 3 is 2.65 bits per heavy atom. The minimum atomic E-state index is -0.688. The van der Waals surface area contributed by atoms with Crippen LogP contribution < -0.4 is 5.32 Å². The van der Waals surface area contributed by atoms with Gasteiger partial charge in [-0.3, -0.25) is 14.4 Å². The van der Waals surface area contributed by atoms with Crippen LogP contribution in [0.2, 0.25) is 0 Å². The molecule has 34 heavy (non-hydrogen) atoms.